The first-order valence-corrected chi connectivity index (χ1v) is 6.72. The van der Waals surface area contributed by atoms with Gasteiger partial charge in [0.2, 0.25) is 0 Å². The molecule has 19 heavy (non-hydrogen) atoms. The van der Waals surface area contributed by atoms with Crippen LogP contribution < -0.4 is 5.32 Å². The summed E-state index contributed by atoms with van der Waals surface area (Å²) in [6.45, 7) is 4.13. The van der Waals surface area contributed by atoms with Gasteiger partial charge >= 0.3 is 0 Å². The first-order valence-electron chi connectivity index (χ1n) is 6.72. The van der Waals surface area contributed by atoms with Crippen molar-refractivity contribution in [3.63, 3.8) is 0 Å². The standard InChI is InChI=1S/C17H21NO/c1-13(15-9-5-3-6-10-15)18-14(2)17(19)16-11-7-4-8-12-16/h3-14,17-19H,1-2H3/t13-,14+,17+/m0/s1. The summed E-state index contributed by atoms with van der Waals surface area (Å²) < 4.78 is 0. The van der Waals surface area contributed by atoms with Crippen molar-refractivity contribution in [2.75, 3.05) is 0 Å². The predicted molar refractivity (Wildman–Crippen MR) is 78.9 cm³/mol. The lowest BCUT2D eigenvalue weighted by Gasteiger charge is -2.25. The van der Waals surface area contributed by atoms with Crippen LogP contribution in [-0.2, 0) is 0 Å². The van der Waals surface area contributed by atoms with Crippen LogP contribution in [0.5, 0.6) is 0 Å². The van der Waals surface area contributed by atoms with Crippen LogP contribution in [0, 0.1) is 0 Å². The first-order chi connectivity index (χ1) is 9.18. The van der Waals surface area contributed by atoms with Crippen molar-refractivity contribution >= 4 is 0 Å². The number of benzene rings is 2. The SMILES string of the molecule is C[C@H](N[C@H](C)[C@@H](O)c1ccccc1)c1ccccc1. The van der Waals surface area contributed by atoms with E-state index < -0.39 is 6.10 Å². The predicted octanol–water partition coefficient (Wildman–Crippen LogP) is 3.46. The van der Waals surface area contributed by atoms with Crippen molar-refractivity contribution in [3.8, 4) is 0 Å². The van der Waals surface area contributed by atoms with Crippen LogP contribution in [0.25, 0.3) is 0 Å². The summed E-state index contributed by atoms with van der Waals surface area (Å²) in [6.07, 6.45) is -0.493. The Bertz CT molecular complexity index is 483. The molecule has 0 aliphatic carbocycles. The maximum atomic E-state index is 10.3. The van der Waals surface area contributed by atoms with E-state index in [0.717, 1.165) is 5.56 Å². The van der Waals surface area contributed by atoms with Gasteiger partial charge in [0, 0.05) is 12.1 Å². The zero-order chi connectivity index (χ0) is 13.7. The van der Waals surface area contributed by atoms with Crippen molar-refractivity contribution in [1.29, 1.82) is 0 Å². The molecule has 2 nitrogen and oxygen atoms in total. The van der Waals surface area contributed by atoms with Crippen molar-refractivity contribution in [3.05, 3.63) is 71.8 Å². The van der Waals surface area contributed by atoms with Gasteiger partial charge in [-0.15, -0.1) is 0 Å². The fourth-order valence-electron chi connectivity index (χ4n) is 2.26. The molecule has 0 saturated carbocycles. The topological polar surface area (TPSA) is 32.3 Å². The monoisotopic (exact) mass is 255 g/mol. The maximum Gasteiger partial charge on any atom is 0.0940 e. The highest BCUT2D eigenvalue weighted by Gasteiger charge is 2.18. The van der Waals surface area contributed by atoms with Crippen LogP contribution in [0.1, 0.15) is 37.1 Å². The van der Waals surface area contributed by atoms with Gasteiger partial charge in [-0.3, -0.25) is 0 Å². The van der Waals surface area contributed by atoms with Gasteiger partial charge in [-0.1, -0.05) is 60.7 Å². The molecule has 2 N–H and O–H groups in total. The highest BCUT2D eigenvalue weighted by molar-refractivity contribution is 5.20. The van der Waals surface area contributed by atoms with Crippen LogP contribution in [0.3, 0.4) is 0 Å². The average molecular weight is 255 g/mol. The summed E-state index contributed by atoms with van der Waals surface area (Å²) in [5.74, 6) is 0. The Labute approximate surface area is 115 Å². The Balaban J connectivity index is 1.99. The molecule has 0 unspecified atom stereocenters. The molecule has 0 bridgehead atoms. The van der Waals surface area contributed by atoms with Gasteiger partial charge in [0.05, 0.1) is 6.10 Å². The summed E-state index contributed by atoms with van der Waals surface area (Å²) in [5, 5.41) is 13.8. The zero-order valence-corrected chi connectivity index (χ0v) is 11.5. The van der Waals surface area contributed by atoms with Crippen LogP contribution in [0.2, 0.25) is 0 Å². The van der Waals surface area contributed by atoms with Crippen molar-refractivity contribution < 1.29 is 5.11 Å². The Hall–Kier alpha value is -1.64. The number of hydrogen-bond donors (Lipinski definition) is 2. The first kappa shape index (κ1) is 13.8. The molecule has 2 heteroatoms. The third-order valence-corrected chi connectivity index (χ3v) is 3.43. The minimum absolute atomic E-state index is 0.00222. The second kappa shape index (κ2) is 6.50. The number of rotatable bonds is 5. The van der Waals surface area contributed by atoms with Gasteiger partial charge in [0.15, 0.2) is 0 Å². The van der Waals surface area contributed by atoms with Gasteiger partial charge in [-0.25, -0.2) is 0 Å². The molecule has 0 spiro atoms. The highest BCUT2D eigenvalue weighted by atomic mass is 16.3. The third-order valence-electron chi connectivity index (χ3n) is 3.43. The third kappa shape index (κ3) is 3.66. The minimum Gasteiger partial charge on any atom is -0.387 e. The van der Waals surface area contributed by atoms with E-state index in [1.54, 1.807) is 0 Å². The normalized spacial score (nSPS) is 15.7. The number of nitrogens with one attached hydrogen (secondary N) is 1. The smallest absolute Gasteiger partial charge is 0.0940 e. The molecule has 0 aromatic heterocycles. The summed E-state index contributed by atoms with van der Waals surface area (Å²) in [4.78, 5) is 0. The Morgan fingerprint density at radius 1 is 0.789 bits per heavy atom. The zero-order valence-electron chi connectivity index (χ0n) is 11.5. The molecule has 0 fully saturated rings. The highest BCUT2D eigenvalue weighted by Crippen LogP contribution is 2.19. The lowest BCUT2D eigenvalue weighted by atomic mass is 10.0. The molecule has 0 saturated heterocycles. The largest absolute Gasteiger partial charge is 0.387 e. The van der Waals surface area contributed by atoms with Crippen LogP contribution in [0.4, 0.5) is 0 Å². The van der Waals surface area contributed by atoms with E-state index in [9.17, 15) is 5.11 Å². The molecule has 0 aliphatic heterocycles. The molecule has 2 aromatic rings. The second-order valence-electron chi connectivity index (χ2n) is 4.94. The van der Waals surface area contributed by atoms with Gasteiger partial charge in [0.25, 0.3) is 0 Å². The molecule has 0 amide bonds. The van der Waals surface area contributed by atoms with E-state index in [1.165, 1.54) is 5.56 Å². The van der Waals surface area contributed by atoms with E-state index in [-0.39, 0.29) is 12.1 Å². The molecule has 2 rings (SSSR count). The molecule has 3 atom stereocenters. The quantitative estimate of drug-likeness (QED) is 0.857. The molecule has 100 valence electrons. The Morgan fingerprint density at radius 2 is 1.26 bits per heavy atom. The van der Waals surface area contributed by atoms with Crippen molar-refractivity contribution in [2.45, 2.75) is 32.0 Å². The van der Waals surface area contributed by atoms with Gasteiger partial charge in [-0.05, 0) is 25.0 Å². The van der Waals surface area contributed by atoms with E-state index in [2.05, 4.69) is 24.4 Å². The fraction of sp³-hybridized carbons (Fsp3) is 0.294. The minimum atomic E-state index is -0.493. The van der Waals surface area contributed by atoms with Crippen molar-refractivity contribution in [1.82, 2.24) is 5.32 Å². The van der Waals surface area contributed by atoms with Gasteiger partial charge in [-0.2, -0.15) is 0 Å². The Morgan fingerprint density at radius 3 is 1.79 bits per heavy atom. The van der Waals surface area contributed by atoms with Crippen molar-refractivity contribution in [2.24, 2.45) is 0 Å². The molecule has 2 aromatic carbocycles. The van der Waals surface area contributed by atoms with Crippen LogP contribution in [0.15, 0.2) is 60.7 Å². The van der Waals surface area contributed by atoms with E-state index in [0.29, 0.717) is 0 Å². The van der Waals surface area contributed by atoms with Crippen LogP contribution >= 0.6 is 0 Å². The van der Waals surface area contributed by atoms with E-state index >= 15 is 0 Å². The lowest BCUT2D eigenvalue weighted by Crippen LogP contribution is -2.34. The maximum absolute atomic E-state index is 10.3. The summed E-state index contributed by atoms with van der Waals surface area (Å²) in [6, 6.07) is 20.3. The average Bonchev–Trinajstić information content (AvgIpc) is 2.48. The summed E-state index contributed by atoms with van der Waals surface area (Å²) >= 11 is 0. The number of aliphatic hydroxyl groups excluding tert-OH is 1. The molecular formula is C17H21NO. The fourth-order valence-corrected chi connectivity index (χ4v) is 2.26. The molecule has 0 heterocycles. The van der Waals surface area contributed by atoms with E-state index in [1.807, 2.05) is 55.5 Å². The van der Waals surface area contributed by atoms with Gasteiger partial charge in [0.1, 0.15) is 0 Å². The number of aliphatic hydroxyl groups is 1. The molecule has 0 radical (unpaired) electrons. The summed E-state index contributed by atoms with van der Waals surface area (Å²) in [5.41, 5.74) is 2.18. The number of hydrogen-bond acceptors (Lipinski definition) is 2. The lowest BCUT2D eigenvalue weighted by molar-refractivity contribution is 0.130. The molecule has 0 aliphatic rings. The molecular weight excluding hydrogens is 234 g/mol. The van der Waals surface area contributed by atoms with E-state index in [4.69, 9.17) is 0 Å². The Kier molecular flexibility index (Phi) is 4.72. The summed E-state index contributed by atoms with van der Waals surface area (Å²) in [7, 11) is 0. The van der Waals surface area contributed by atoms with Crippen LogP contribution in [-0.4, -0.2) is 11.1 Å². The van der Waals surface area contributed by atoms with Gasteiger partial charge < -0.3 is 10.4 Å². The second-order valence-corrected chi connectivity index (χ2v) is 4.94.